The van der Waals surface area contributed by atoms with Crippen LogP contribution in [0, 0.1) is 0 Å². The maximum atomic E-state index is 12.0. The predicted molar refractivity (Wildman–Crippen MR) is 70.0 cm³/mol. The Bertz CT molecular complexity index is 595. The number of carbonyl (C=O) groups excluding carboxylic acids is 1. The molecule has 1 aromatic heterocycles. The van der Waals surface area contributed by atoms with Gasteiger partial charge in [-0.15, -0.1) is 0 Å². The van der Waals surface area contributed by atoms with Crippen LogP contribution in [0.5, 0.6) is 0 Å². The van der Waals surface area contributed by atoms with Gasteiger partial charge in [-0.05, 0) is 41.5 Å². The van der Waals surface area contributed by atoms with Crippen LogP contribution in [0.15, 0.2) is 42.7 Å². The largest absolute Gasteiger partial charge is 0.399 e. The van der Waals surface area contributed by atoms with Gasteiger partial charge < -0.3 is 10.6 Å². The summed E-state index contributed by atoms with van der Waals surface area (Å²) in [5, 5.41) is 0. The molecule has 1 aromatic carbocycles. The third-order valence-electron chi connectivity index (χ3n) is 3.13. The Morgan fingerprint density at radius 1 is 1.22 bits per heavy atom. The lowest BCUT2D eigenvalue weighted by molar-refractivity contribution is -0.117. The Morgan fingerprint density at radius 3 is 2.78 bits per heavy atom. The fourth-order valence-electron chi connectivity index (χ4n) is 2.25. The van der Waals surface area contributed by atoms with Crippen LogP contribution in [0.1, 0.15) is 11.1 Å². The highest BCUT2D eigenvalue weighted by Gasteiger charge is 2.27. The van der Waals surface area contributed by atoms with E-state index in [-0.39, 0.29) is 5.91 Å². The predicted octanol–water partition coefficient (Wildman–Crippen LogP) is 1.75. The Hall–Kier alpha value is -2.36. The molecule has 0 aliphatic carbocycles. The molecule has 0 radical (unpaired) electrons. The van der Waals surface area contributed by atoms with Gasteiger partial charge in [-0.3, -0.25) is 9.78 Å². The van der Waals surface area contributed by atoms with Crippen LogP contribution < -0.4 is 10.6 Å². The number of nitrogen functional groups attached to an aromatic ring is 1. The van der Waals surface area contributed by atoms with E-state index >= 15 is 0 Å². The number of fused-ring (bicyclic) bond motifs is 1. The molecule has 0 spiro atoms. The van der Waals surface area contributed by atoms with Crippen molar-refractivity contribution in [2.24, 2.45) is 0 Å². The van der Waals surface area contributed by atoms with E-state index in [1.165, 1.54) is 0 Å². The maximum absolute atomic E-state index is 12.0. The molecule has 1 aliphatic heterocycles. The molecule has 3 rings (SSSR count). The van der Waals surface area contributed by atoms with Crippen LogP contribution in [-0.4, -0.2) is 10.9 Å². The Labute approximate surface area is 105 Å². The number of hydrogen-bond acceptors (Lipinski definition) is 3. The summed E-state index contributed by atoms with van der Waals surface area (Å²) in [7, 11) is 0. The molecule has 0 bridgehead atoms. The van der Waals surface area contributed by atoms with Crippen molar-refractivity contribution in [3.8, 4) is 0 Å². The topological polar surface area (TPSA) is 59.2 Å². The minimum Gasteiger partial charge on any atom is -0.399 e. The molecular formula is C14H13N3O. The molecule has 0 saturated carbocycles. The molecular weight excluding hydrogens is 226 g/mol. The normalized spacial score (nSPS) is 13.8. The third kappa shape index (κ3) is 1.82. The first-order chi connectivity index (χ1) is 8.74. The van der Waals surface area contributed by atoms with E-state index in [1.54, 1.807) is 17.3 Å². The number of carbonyl (C=O) groups is 1. The van der Waals surface area contributed by atoms with Gasteiger partial charge in [-0.2, -0.15) is 0 Å². The molecule has 18 heavy (non-hydrogen) atoms. The van der Waals surface area contributed by atoms with E-state index in [4.69, 9.17) is 5.73 Å². The van der Waals surface area contributed by atoms with Gasteiger partial charge in [0, 0.05) is 23.8 Å². The van der Waals surface area contributed by atoms with Gasteiger partial charge in [0.05, 0.1) is 13.0 Å². The van der Waals surface area contributed by atoms with E-state index in [0.29, 0.717) is 18.7 Å². The fourth-order valence-corrected chi connectivity index (χ4v) is 2.25. The summed E-state index contributed by atoms with van der Waals surface area (Å²) in [6.07, 6.45) is 3.91. The van der Waals surface area contributed by atoms with E-state index < -0.39 is 0 Å². The fraction of sp³-hybridized carbons (Fsp3) is 0.143. The minimum atomic E-state index is 0.118. The van der Waals surface area contributed by atoms with Crippen LogP contribution in [-0.2, 0) is 17.8 Å². The maximum Gasteiger partial charge on any atom is 0.231 e. The molecule has 1 amide bonds. The highest BCUT2D eigenvalue weighted by Crippen LogP contribution is 2.31. The van der Waals surface area contributed by atoms with Gasteiger partial charge in [-0.1, -0.05) is 0 Å². The molecule has 0 unspecified atom stereocenters. The van der Waals surface area contributed by atoms with Gasteiger partial charge in [0.2, 0.25) is 5.91 Å². The number of aromatic nitrogens is 1. The highest BCUT2D eigenvalue weighted by molar-refractivity contribution is 6.01. The van der Waals surface area contributed by atoms with Crippen LogP contribution in [0.4, 0.5) is 11.4 Å². The number of nitrogens with two attached hydrogens (primary N) is 1. The number of hydrogen-bond donors (Lipinski definition) is 1. The molecule has 1 aliphatic rings. The molecule has 0 atom stereocenters. The lowest BCUT2D eigenvalue weighted by Crippen LogP contribution is -2.25. The van der Waals surface area contributed by atoms with Gasteiger partial charge in [0.15, 0.2) is 0 Å². The van der Waals surface area contributed by atoms with Crippen molar-refractivity contribution < 1.29 is 4.79 Å². The zero-order chi connectivity index (χ0) is 12.5. The molecule has 0 fully saturated rings. The van der Waals surface area contributed by atoms with Crippen molar-refractivity contribution in [3.63, 3.8) is 0 Å². The van der Waals surface area contributed by atoms with Crippen molar-refractivity contribution in [2.45, 2.75) is 13.0 Å². The smallest absolute Gasteiger partial charge is 0.231 e. The summed E-state index contributed by atoms with van der Waals surface area (Å²) >= 11 is 0. The lowest BCUT2D eigenvalue weighted by Gasteiger charge is -2.17. The molecule has 0 saturated heterocycles. The zero-order valence-electron chi connectivity index (χ0n) is 9.84. The number of amides is 1. The molecule has 2 aromatic rings. The first kappa shape index (κ1) is 10.8. The molecule has 4 nitrogen and oxygen atoms in total. The van der Waals surface area contributed by atoms with E-state index in [9.17, 15) is 4.79 Å². The zero-order valence-corrected chi connectivity index (χ0v) is 9.84. The summed E-state index contributed by atoms with van der Waals surface area (Å²) in [5.74, 6) is 0.118. The van der Waals surface area contributed by atoms with Crippen molar-refractivity contribution in [1.29, 1.82) is 0 Å². The van der Waals surface area contributed by atoms with Gasteiger partial charge in [-0.25, -0.2) is 0 Å². The number of pyridine rings is 1. The highest BCUT2D eigenvalue weighted by atomic mass is 16.2. The van der Waals surface area contributed by atoms with Crippen molar-refractivity contribution in [1.82, 2.24) is 4.98 Å². The SMILES string of the molecule is Nc1ccc2c(c1)CC(=O)N2Cc1ccncc1. The van der Waals surface area contributed by atoms with Crippen molar-refractivity contribution in [3.05, 3.63) is 53.9 Å². The third-order valence-corrected chi connectivity index (χ3v) is 3.13. The Balaban J connectivity index is 1.93. The summed E-state index contributed by atoms with van der Waals surface area (Å²) in [6.45, 7) is 0.582. The van der Waals surface area contributed by atoms with Crippen molar-refractivity contribution in [2.75, 3.05) is 10.6 Å². The molecule has 2 heterocycles. The standard InChI is InChI=1S/C14H13N3O/c15-12-1-2-13-11(7-12)8-14(18)17(13)9-10-3-5-16-6-4-10/h1-7H,8-9,15H2. The van der Waals surface area contributed by atoms with Crippen LogP contribution in [0.3, 0.4) is 0 Å². The van der Waals surface area contributed by atoms with E-state index in [0.717, 1.165) is 16.8 Å². The lowest BCUT2D eigenvalue weighted by atomic mass is 10.1. The summed E-state index contributed by atoms with van der Waals surface area (Å²) < 4.78 is 0. The first-order valence-electron chi connectivity index (χ1n) is 5.82. The summed E-state index contributed by atoms with van der Waals surface area (Å²) in [4.78, 5) is 17.8. The van der Waals surface area contributed by atoms with Gasteiger partial charge >= 0.3 is 0 Å². The first-order valence-corrected chi connectivity index (χ1v) is 5.82. The quantitative estimate of drug-likeness (QED) is 0.812. The van der Waals surface area contributed by atoms with Crippen molar-refractivity contribution >= 4 is 17.3 Å². The minimum absolute atomic E-state index is 0.118. The van der Waals surface area contributed by atoms with Crippen LogP contribution in [0.25, 0.3) is 0 Å². The second kappa shape index (κ2) is 4.14. The molecule has 2 N–H and O–H groups in total. The Kier molecular flexibility index (Phi) is 2.48. The van der Waals surface area contributed by atoms with Gasteiger partial charge in [0.1, 0.15) is 0 Å². The number of rotatable bonds is 2. The molecule has 90 valence electrons. The molecule has 4 heteroatoms. The van der Waals surface area contributed by atoms with Gasteiger partial charge in [0.25, 0.3) is 0 Å². The average molecular weight is 239 g/mol. The summed E-state index contributed by atoms with van der Waals surface area (Å²) in [6, 6.07) is 9.46. The van der Waals surface area contributed by atoms with E-state index in [1.807, 2.05) is 30.3 Å². The number of anilines is 2. The Morgan fingerprint density at radius 2 is 2.00 bits per heavy atom. The number of nitrogens with zero attached hydrogens (tertiary/aromatic N) is 2. The average Bonchev–Trinajstić information content (AvgIpc) is 2.66. The second-order valence-electron chi connectivity index (χ2n) is 4.40. The second-order valence-corrected chi connectivity index (χ2v) is 4.40. The van der Waals surface area contributed by atoms with Crippen LogP contribution >= 0.6 is 0 Å². The number of benzene rings is 1. The summed E-state index contributed by atoms with van der Waals surface area (Å²) in [5.41, 5.74) is 9.48. The van der Waals surface area contributed by atoms with E-state index in [2.05, 4.69) is 4.98 Å². The monoisotopic (exact) mass is 239 g/mol. The van der Waals surface area contributed by atoms with Crippen LogP contribution in [0.2, 0.25) is 0 Å².